The predicted molar refractivity (Wildman–Crippen MR) is 81.7 cm³/mol. The summed E-state index contributed by atoms with van der Waals surface area (Å²) in [5.41, 5.74) is 4.75. The number of hydrogen-bond acceptors (Lipinski definition) is 4. The molecule has 3 rings (SSSR count). The second-order valence-electron chi connectivity index (χ2n) is 4.58. The molecule has 3 N–H and O–H groups in total. The number of fused-ring (bicyclic) bond motifs is 1. The lowest BCUT2D eigenvalue weighted by Crippen LogP contribution is -2.30. The molecule has 0 atom stereocenters. The molecular weight excluding hydrogens is 284 g/mol. The Morgan fingerprint density at radius 1 is 1.38 bits per heavy atom. The molecule has 2 heterocycles. The number of nitrogens with one attached hydrogen (secondary N) is 1. The van der Waals surface area contributed by atoms with Gasteiger partial charge in [-0.3, -0.25) is 10.2 Å². The maximum Gasteiger partial charge on any atom is 0.275 e. The number of carbonyl (C=O) groups excluding carboxylic acids is 1. The van der Waals surface area contributed by atoms with Crippen molar-refractivity contribution in [3.8, 4) is 6.07 Å². The molecule has 0 fully saturated rings. The van der Waals surface area contributed by atoms with Crippen molar-refractivity contribution in [2.24, 2.45) is 5.84 Å². The van der Waals surface area contributed by atoms with Crippen LogP contribution in [0.4, 0.5) is 0 Å². The van der Waals surface area contributed by atoms with Crippen LogP contribution in [0.15, 0.2) is 41.9 Å². The van der Waals surface area contributed by atoms with E-state index in [0.29, 0.717) is 17.0 Å². The lowest BCUT2D eigenvalue weighted by atomic mass is 10.2. The van der Waals surface area contributed by atoms with Gasteiger partial charge in [-0.1, -0.05) is 0 Å². The van der Waals surface area contributed by atoms with Gasteiger partial charge in [-0.25, -0.2) is 5.84 Å². The highest BCUT2D eigenvalue weighted by Crippen LogP contribution is 2.22. The summed E-state index contributed by atoms with van der Waals surface area (Å²) in [7, 11) is 0. The molecule has 0 radical (unpaired) electrons. The van der Waals surface area contributed by atoms with Crippen LogP contribution in [0.25, 0.3) is 10.9 Å². The van der Waals surface area contributed by atoms with Crippen molar-refractivity contribution in [3.63, 3.8) is 0 Å². The third kappa shape index (κ3) is 2.40. The van der Waals surface area contributed by atoms with Crippen molar-refractivity contribution in [1.29, 1.82) is 5.26 Å². The molecule has 0 aliphatic rings. The van der Waals surface area contributed by atoms with Gasteiger partial charge in [-0.15, -0.1) is 11.3 Å². The Kier molecular flexibility index (Phi) is 3.44. The Morgan fingerprint density at radius 3 is 3.00 bits per heavy atom. The van der Waals surface area contributed by atoms with Gasteiger partial charge >= 0.3 is 0 Å². The number of carbonyl (C=O) groups is 1. The number of aromatic nitrogens is 1. The molecule has 0 aliphatic carbocycles. The second-order valence-corrected chi connectivity index (χ2v) is 5.49. The number of hydrazine groups is 1. The molecular formula is C15H12N4OS. The first-order valence-electron chi connectivity index (χ1n) is 6.29. The van der Waals surface area contributed by atoms with Gasteiger partial charge in [0.2, 0.25) is 0 Å². The summed E-state index contributed by atoms with van der Waals surface area (Å²) in [5.74, 6) is 4.92. The first kappa shape index (κ1) is 13.4. The van der Waals surface area contributed by atoms with Gasteiger partial charge in [0.05, 0.1) is 16.5 Å². The summed E-state index contributed by atoms with van der Waals surface area (Å²) in [6, 6.07) is 11.6. The van der Waals surface area contributed by atoms with Crippen molar-refractivity contribution in [2.75, 3.05) is 0 Å². The van der Waals surface area contributed by atoms with Crippen LogP contribution < -0.4 is 11.3 Å². The van der Waals surface area contributed by atoms with E-state index in [4.69, 9.17) is 11.1 Å². The highest BCUT2D eigenvalue weighted by atomic mass is 32.1. The van der Waals surface area contributed by atoms with E-state index >= 15 is 0 Å². The monoisotopic (exact) mass is 296 g/mol. The molecule has 104 valence electrons. The highest BCUT2D eigenvalue weighted by Gasteiger charge is 2.13. The minimum absolute atomic E-state index is 0.275. The van der Waals surface area contributed by atoms with Gasteiger partial charge in [0.15, 0.2) is 0 Å². The Labute approximate surface area is 125 Å². The molecule has 0 unspecified atom stereocenters. The van der Waals surface area contributed by atoms with Gasteiger partial charge < -0.3 is 4.57 Å². The largest absolute Gasteiger partial charge is 0.343 e. The normalized spacial score (nSPS) is 10.5. The average molecular weight is 296 g/mol. The Hall–Kier alpha value is -2.62. The van der Waals surface area contributed by atoms with Gasteiger partial charge in [-0.05, 0) is 41.3 Å². The SMILES string of the molecule is N#Cc1ccc2c(ccn2Cc2ccsc2C(=O)NN)c1. The number of rotatable bonds is 3. The number of amides is 1. The van der Waals surface area contributed by atoms with Crippen molar-refractivity contribution in [2.45, 2.75) is 6.54 Å². The van der Waals surface area contributed by atoms with Crippen LogP contribution >= 0.6 is 11.3 Å². The lowest BCUT2D eigenvalue weighted by Gasteiger charge is -2.06. The topological polar surface area (TPSA) is 83.8 Å². The van der Waals surface area contributed by atoms with E-state index < -0.39 is 0 Å². The van der Waals surface area contributed by atoms with Crippen molar-refractivity contribution >= 4 is 28.1 Å². The van der Waals surface area contributed by atoms with Crippen LogP contribution in [0.1, 0.15) is 20.8 Å². The highest BCUT2D eigenvalue weighted by molar-refractivity contribution is 7.12. The van der Waals surface area contributed by atoms with Crippen molar-refractivity contribution < 1.29 is 4.79 Å². The van der Waals surface area contributed by atoms with E-state index in [1.165, 1.54) is 11.3 Å². The zero-order valence-corrected chi connectivity index (χ0v) is 11.9. The van der Waals surface area contributed by atoms with Crippen LogP contribution in [0.2, 0.25) is 0 Å². The first-order valence-corrected chi connectivity index (χ1v) is 7.17. The Morgan fingerprint density at radius 2 is 2.24 bits per heavy atom. The third-order valence-electron chi connectivity index (χ3n) is 3.32. The molecule has 1 amide bonds. The summed E-state index contributed by atoms with van der Waals surface area (Å²) >= 11 is 1.37. The first-order chi connectivity index (χ1) is 10.2. The van der Waals surface area contributed by atoms with Crippen molar-refractivity contribution in [3.05, 3.63) is 57.9 Å². The van der Waals surface area contributed by atoms with Crippen LogP contribution in [0.3, 0.4) is 0 Å². The lowest BCUT2D eigenvalue weighted by molar-refractivity contribution is 0.0957. The van der Waals surface area contributed by atoms with Crippen LogP contribution in [0, 0.1) is 11.3 Å². The van der Waals surface area contributed by atoms with Gasteiger partial charge in [0.25, 0.3) is 5.91 Å². The maximum atomic E-state index is 11.7. The number of thiophene rings is 1. The quantitative estimate of drug-likeness (QED) is 0.441. The second kappa shape index (κ2) is 5.40. The Bertz CT molecular complexity index is 856. The molecule has 0 spiro atoms. The van der Waals surface area contributed by atoms with Gasteiger partial charge in [-0.2, -0.15) is 5.26 Å². The van der Waals surface area contributed by atoms with E-state index in [0.717, 1.165) is 16.5 Å². The minimum atomic E-state index is -0.275. The number of nitrogens with zero attached hydrogens (tertiary/aromatic N) is 2. The molecule has 0 saturated carbocycles. The standard InChI is InChI=1S/C15H12N4OS/c16-8-10-1-2-13-11(7-10)3-5-19(13)9-12-4-6-21-14(12)15(20)18-17/h1-7H,9,17H2,(H,18,20). The fourth-order valence-corrected chi connectivity index (χ4v) is 3.13. The number of hydrogen-bond donors (Lipinski definition) is 2. The molecule has 5 nitrogen and oxygen atoms in total. The van der Waals surface area contributed by atoms with Crippen molar-refractivity contribution in [1.82, 2.24) is 9.99 Å². The number of nitrogen functional groups attached to an aromatic ring is 1. The third-order valence-corrected chi connectivity index (χ3v) is 4.28. The zero-order chi connectivity index (χ0) is 14.8. The average Bonchev–Trinajstić information content (AvgIpc) is 3.13. The molecule has 0 saturated heterocycles. The number of nitriles is 1. The van der Waals surface area contributed by atoms with E-state index in [1.54, 1.807) is 6.07 Å². The summed E-state index contributed by atoms with van der Waals surface area (Å²) in [6.45, 7) is 0.585. The van der Waals surface area contributed by atoms with Gasteiger partial charge in [0.1, 0.15) is 0 Å². The summed E-state index contributed by atoms with van der Waals surface area (Å²) in [4.78, 5) is 12.3. The smallest absolute Gasteiger partial charge is 0.275 e. The van der Waals surface area contributed by atoms with E-state index in [1.807, 2.05) is 40.4 Å². The van der Waals surface area contributed by atoms with Gasteiger partial charge in [0, 0.05) is 23.6 Å². The fourth-order valence-electron chi connectivity index (χ4n) is 2.32. The van der Waals surface area contributed by atoms with Crippen LogP contribution in [-0.4, -0.2) is 10.5 Å². The summed E-state index contributed by atoms with van der Waals surface area (Å²) in [6.07, 6.45) is 1.95. The summed E-state index contributed by atoms with van der Waals surface area (Å²) < 4.78 is 2.05. The summed E-state index contributed by atoms with van der Waals surface area (Å²) in [5, 5.41) is 11.8. The molecule has 0 bridgehead atoms. The number of nitrogens with two attached hydrogens (primary N) is 1. The predicted octanol–water partition coefficient (Wildman–Crippen LogP) is 2.23. The fraction of sp³-hybridized carbons (Fsp3) is 0.0667. The van der Waals surface area contributed by atoms with Crippen LogP contribution in [0.5, 0.6) is 0 Å². The molecule has 1 aromatic carbocycles. The molecule has 2 aromatic heterocycles. The van der Waals surface area contributed by atoms with E-state index in [-0.39, 0.29) is 5.91 Å². The molecule has 3 aromatic rings. The molecule has 0 aliphatic heterocycles. The molecule has 21 heavy (non-hydrogen) atoms. The van der Waals surface area contributed by atoms with E-state index in [2.05, 4.69) is 11.5 Å². The van der Waals surface area contributed by atoms with Crippen LogP contribution in [-0.2, 0) is 6.54 Å². The molecule has 6 heteroatoms. The number of benzene rings is 1. The maximum absolute atomic E-state index is 11.7. The van der Waals surface area contributed by atoms with E-state index in [9.17, 15) is 4.79 Å². The Balaban J connectivity index is 1.98. The minimum Gasteiger partial charge on any atom is -0.343 e. The zero-order valence-electron chi connectivity index (χ0n) is 11.0.